The van der Waals surface area contributed by atoms with E-state index < -0.39 is 0 Å². The van der Waals surface area contributed by atoms with Crippen molar-refractivity contribution in [2.45, 2.75) is 33.2 Å². The fourth-order valence-electron chi connectivity index (χ4n) is 2.74. The maximum Gasteiger partial charge on any atom is 0.226 e. The number of rotatable bonds is 7. The highest BCUT2D eigenvalue weighted by Crippen LogP contribution is 2.24. The van der Waals surface area contributed by atoms with Crippen LogP contribution in [0.4, 0.5) is 11.8 Å². The van der Waals surface area contributed by atoms with Crippen molar-refractivity contribution in [3.63, 3.8) is 0 Å². The lowest BCUT2D eigenvalue weighted by Crippen LogP contribution is -2.10. The predicted octanol–water partition coefficient (Wildman–Crippen LogP) is 3.87. The number of hydrogen-bond donors (Lipinski definition) is 2. The molecule has 0 bridgehead atoms. The number of imidazole rings is 1. The van der Waals surface area contributed by atoms with E-state index in [-0.39, 0.29) is 0 Å². The van der Waals surface area contributed by atoms with Crippen LogP contribution in [0, 0.1) is 5.92 Å². The molecule has 0 saturated carbocycles. The molecule has 0 amide bonds. The third kappa shape index (κ3) is 4.28. The number of aryl methyl sites for hydroxylation is 1. The van der Waals surface area contributed by atoms with Gasteiger partial charge in [-0.3, -0.25) is 0 Å². The summed E-state index contributed by atoms with van der Waals surface area (Å²) in [6.07, 6.45) is 2.02. The highest BCUT2D eigenvalue weighted by Gasteiger charge is 2.15. The second-order valence-corrected chi connectivity index (χ2v) is 7.22. The monoisotopic (exact) mass is 402 g/mol. The van der Waals surface area contributed by atoms with Crippen molar-refractivity contribution >= 4 is 38.9 Å². The SMILES string of the molecule is CC(C)Cn1c(Br)nc2c(N)nc(NCCCc3ccccc3)nc21. The Labute approximate surface area is 156 Å². The van der Waals surface area contributed by atoms with E-state index in [4.69, 9.17) is 5.73 Å². The summed E-state index contributed by atoms with van der Waals surface area (Å²) in [6.45, 7) is 5.93. The maximum absolute atomic E-state index is 6.08. The first-order chi connectivity index (χ1) is 12.0. The zero-order valence-electron chi connectivity index (χ0n) is 14.5. The Balaban J connectivity index is 1.71. The lowest BCUT2D eigenvalue weighted by molar-refractivity contribution is 0.523. The minimum absolute atomic E-state index is 0.402. The van der Waals surface area contributed by atoms with E-state index in [9.17, 15) is 0 Å². The van der Waals surface area contributed by atoms with Crippen molar-refractivity contribution in [1.82, 2.24) is 19.5 Å². The van der Waals surface area contributed by atoms with Gasteiger partial charge in [-0.15, -0.1) is 0 Å². The van der Waals surface area contributed by atoms with Crippen LogP contribution in [0.1, 0.15) is 25.8 Å². The predicted molar refractivity (Wildman–Crippen MR) is 106 cm³/mol. The van der Waals surface area contributed by atoms with Crippen LogP contribution in [0.25, 0.3) is 11.2 Å². The van der Waals surface area contributed by atoms with Crippen LogP contribution in [0.15, 0.2) is 35.1 Å². The molecule has 7 heteroatoms. The molecular formula is C18H23BrN6. The average Bonchev–Trinajstić information content (AvgIpc) is 2.89. The van der Waals surface area contributed by atoms with Crippen LogP contribution in [-0.4, -0.2) is 26.1 Å². The van der Waals surface area contributed by atoms with E-state index in [1.165, 1.54) is 5.56 Å². The Morgan fingerprint density at radius 3 is 2.64 bits per heavy atom. The fraction of sp³-hybridized carbons (Fsp3) is 0.389. The zero-order chi connectivity index (χ0) is 17.8. The van der Waals surface area contributed by atoms with Crippen molar-refractivity contribution < 1.29 is 0 Å². The Morgan fingerprint density at radius 2 is 1.92 bits per heavy atom. The summed E-state index contributed by atoms with van der Waals surface area (Å²) in [6, 6.07) is 10.4. The Kier molecular flexibility index (Phi) is 5.53. The molecule has 0 saturated heterocycles. The molecule has 0 aliphatic rings. The molecule has 2 heterocycles. The number of benzene rings is 1. The van der Waals surface area contributed by atoms with Gasteiger partial charge in [-0.25, -0.2) is 4.98 Å². The van der Waals surface area contributed by atoms with Gasteiger partial charge in [0.15, 0.2) is 21.7 Å². The normalized spacial score (nSPS) is 11.4. The molecule has 0 aliphatic heterocycles. The molecule has 0 unspecified atom stereocenters. The summed E-state index contributed by atoms with van der Waals surface area (Å²) in [7, 11) is 0. The maximum atomic E-state index is 6.08. The van der Waals surface area contributed by atoms with E-state index in [0.29, 0.717) is 23.2 Å². The van der Waals surface area contributed by atoms with E-state index in [0.717, 1.165) is 36.3 Å². The number of nitrogens with two attached hydrogens (primary N) is 1. The Bertz CT molecular complexity index is 844. The third-order valence-electron chi connectivity index (χ3n) is 3.89. The lowest BCUT2D eigenvalue weighted by Gasteiger charge is -2.10. The van der Waals surface area contributed by atoms with Gasteiger partial charge in [-0.1, -0.05) is 44.2 Å². The third-order valence-corrected chi connectivity index (χ3v) is 4.50. The average molecular weight is 403 g/mol. The van der Waals surface area contributed by atoms with Gasteiger partial charge in [-0.2, -0.15) is 9.97 Å². The van der Waals surface area contributed by atoms with Gasteiger partial charge >= 0.3 is 0 Å². The van der Waals surface area contributed by atoms with Crippen LogP contribution >= 0.6 is 15.9 Å². The van der Waals surface area contributed by atoms with E-state index in [2.05, 4.69) is 74.3 Å². The van der Waals surface area contributed by atoms with Crippen molar-refractivity contribution in [2.24, 2.45) is 5.92 Å². The molecular weight excluding hydrogens is 380 g/mol. The van der Waals surface area contributed by atoms with Crippen molar-refractivity contribution in [2.75, 3.05) is 17.6 Å². The lowest BCUT2D eigenvalue weighted by atomic mass is 10.1. The van der Waals surface area contributed by atoms with Gasteiger partial charge in [0.05, 0.1) is 0 Å². The molecule has 0 aliphatic carbocycles. The molecule has 3 N–H and O–H groups in total. The van der Waals surface area contributed by atoms with Crippen molar-refractivity contribution in [3.8, 4) is 0 Å². The quantitative estimate of drug-likeness (QED) is 0.462. The molecule has 0 fully saturated rings. The number of nitrogen functional groups attached to an aromatic ring is 1. The van der Waals surface area contributed by atoms with E-state index in [1.807, 2.05) is 10.6 Å². The molecule has 0 atom stereocenters. The first-order valence-electron chi connectivity index (χ1n) is 8.51. The second kappa shape index (κ2) is 7.82. The van der Waals surface area contributed by atoms with Crippen LogP contribution in [0.3, 0.4) is 0 Å². The van der Waals surface area contributed by atoms with Crippen molar-refractivity contribution in [1.29, 1.82) is 0 Å². The molecule has 2 aromatic heterocycles. The summed E-state index contributed by atoms with van der Waals surface area (Å²) >= 11 is 3.49. The smallest absolute Gasteiger partial charge is 0.226 e. The number of anilines is 2. The zero-order valence-corrected chi connectivity index (χ0v) is 16.1. The highest BCUT2D eigenvalue weighted by atomic mass is 79.9. The molecule has 0 radical (unpaired) electrons. The highest BCUT2D eigenvalue weighted by molar-refractivity contribution is 9.10. The summed E-state index contributed by atoms with van der Waals surface area (Å²) in [4.78, 5) is 13.4. The minimum Gasteiger partial charge on any atom is -0.382 e. The first-order valence-corrected chi connectivity index (χ1v) is 9.31. The minimum atomic E-state index is 0.402. The standard InChI is InChI=1S/C18H23BrN6/c1-12(2)11-25-16-14(22-17(25)19)15(20)23-18(24-16)21-10-6-9-13-7-4-3-5-8-13/h3-5,7-8,12H,6,9-11H2,1-2H3,(H3,20,21,23,24). The number of hydrogen-bond acceptors (Lipinski definition) is 5. The molecule has 3 rings (SSSR count). The largest absolute Gasteiger partial charge is 0.382 e. The van der Waals surface area contributed by atoms with E-state index in [1.54, 1.807) is 0 Å². The molecule has 25 heavy (non-hydrogen) atoms. The summed E-state index contributed by atoms with van der Waals surface area (Å²) in [5.41, 5.74) is 8.81. The summed E-state index contributed by atoms with van der Waals surface area (Å²) in [5.74, 6) is 1.43. The molecule has 3 aromatic rings. The van der Waals surface area contributed by atoms with Gasteiger partial charge in [-0.05, 0) is 40.3 Å². The van der Waals surface area contributed by atoms with Crippen LogP contribution in [-0.2, 0) is 13.0 Å². The van der Waals surface area contributed by atoms with Gasteiger partial charge in [0.1, 0.15) is 0 Å². The number of aromatic nitrogens is 4. The molecule has 0 spiro atoms. The molecule has 1 aromatic carbocycles. The number of fused-ring (bicyclic) bond motifs is 1. The molecule has 132 valence electrons. The Hall–Kier alpha value is -2.15. The van der Waals surface area contributed by atoms with Gasteiger partial charge in [0, 0.05) is 13.1 Å². The fourth-order valence-corrected chi connectivity index (χ4v) is 3.23. The number of nitrogens with one attached hydrogen (secondary N) is 1. The molecule has 6 nitrogen and oxygen atoms in total. The van der Waals surface area contributed by atoms with Gasteiger partial charge in [0.25, 0.3) is 0 Å². The topological polar surface area (TPSA) is 81.7 Å². The van der Waals surface area contributed by atoms with Gasteiger partial charge < -0.3 is 15.6 Å². The summed E-state index contributed by atoms with van der Waals surface area (Å²) < 4.78 is 2.77. The second-order valence-electron chi connectivity index (χ2n) is 6.51. The Morgan fingerprint density at radius 1 is 1.16 bits per heavy atom. The van der Waals surface area contributed by atoms with Crippen LogP contribution < -0.4 is 11.1 Å². The first kappa shape index (κ1) is 17.7. The summed E-state index contributed by atoms with van der Waals surface area (Å²) in [5, 5.41) is 3.28. The van der Waals surface area contributed by atoms with Gasteiger partial charge in [0.2, 0.25) is 5.95 Å². The van der Waals surface area contributed by atoms with Crippen molar-refractivity contribution in [3.05, 3.63) is 40.6 Å². The number of nitrogens with zero attached hydrogens (tertiary/aromatic N) is 4. The van der Waals surface area contributed by atoms with Crippen LogP contribution in [0.5, 0.6) is 0 Å². The number of halogens is 1. The van der Waals surface area contributed by atoms with E-state index >= 15 is 0 Å². The van der Waals surface area contributed by atoms with Crippen LogP contribution in [0.2, 0.25) is 0 Å².